The van der Waals surface area contributed by atoms with Crippen LogP contribution in [0.4, 0.5) is 4.79 Å². The zero-order valence-electron chi connectivity index (χ0n) is 19.6. The molecule has 1 amide bonds. The maximum absolute atomic E-state index is 11.5. The molecule has 8 nitrogen and oxygen atoms in total. The Morgan fingerprint density at radius 1 is 1.33 bits per heavy atom. The molecular formula is C25H37N3O5. The molecule has 2 aliphatic rings. The molecule has 0 bridgehead atoms. The quantitative estimate of drug-likeness (QED) is 0.354. The van der Waals surface area contributed by atoms with Gasteiger partial charge in [-0.1, -0.05) is 38.1 Å². The molecule has 0 unspecified atom stereocenters. The summed E-state index contributed by atoms with van der Waals surface area (Å²) >= 11 is 0. The first-order chi connectivity index (χ1) is 15.8. The topological polar surface area (TPSA) is 124 Å². The average molecular weight is 460 g/mol. The van der Waals surface area contributed by atoms with Gasteiger partial charge in [0.25, 0.3) is 0 Å². The van der Waals surface area contributed by atoms with Gasteiger partial charge in [0.2, 0.25) is 0 Å². The fraction of sp³-hybridized carbons (Fsp3) is 0.680. The Hall–Kier alpha value is -2.18. The molecule has 3 rings (SSSR count). The Morgan fingerprint density at radius 3 is 2.88 bits per heavy atom. The Morgan fingerprint density at radius 2 is 2.12 bits per heavy atom. The number of rotatable bonds is 12. The number of carbonyl (C=O) groups is 1. The van der Waals surface area contributed by atoms with Crippen LogP contribution < -0.4 is 10.6 Å². The molecule has 0 spiro atoms. The lowest BCUT2D eigenvalue weighted by atomic mass is 9.83. The Bertz CT molecular complexity index is 825. The number of fused-ring (bicyclic) bond motifs is 1. The van der Waals surface area contributed by atoms with Crippen LogP contribution in [0.25, 0.3) is 0 Å². The maximum atomic E-state index is 11.5. The van der Waals surface area contributed by atoms with Crippen molar-refractivity contribution in [3.8, 4) is 6.07 Å². The van der Waals surface area contributed by atoms with Crippen molar-refractivity contribution < 1.29 is 24.5 Å². The van der Waals surface area contributed by atoms with Crippen molar-refractivity contribution >= 4 is 6.09 Å². The molecule has 2 heterocycles. The van der Waals surface area contributed by atoms with E-state index in [0.29, 0.717) is 38.5 Å². The lowest BCUT2D eigenvalue weighted by Gasteiger charge is -2.28. The molecule has 5 atom stereocenters. The van der Waals surface area contributed by atoms with Crippen LogP contribution >= 0.6 is 0 Å². The summed E-state index contributed by atoms with van der Waals surface area (Å²) in [5.74, 6) is 0.524. The van der Waals surface area contributed by atoms with Gasteiger partial charge in [0.05, 0.1) is 31.4 Å². The van der Waals surface area contributed by atoms with Crippen molar-refractivity contribution in [1.29, 1.82) is 5.26 Å². The van der Waals surface area contributed by atoms with E-state index in [0.717, 1.165) is 30.4 Å². The summed E-state index contributed by atoms with van der Waals surface area (Å²) in [7, 11) is 0. The van der Waals surface area contributed by atoms with E-state index in [1.54, 1.807) is 0 Å². The van der Waals surface area contributed by atoms with Gasteiger partial charge < -0.3 is 30.3 Å². The normalized spacial score (nSPS) is 24.1. The summed E-state index contributed by atoms with van der Waals surface area (Å²) in [6.45, 7) is 6.49. The largest absolute Gasteiger partial charge is 0.465 e. The van der Waals surface area contributed by atoms with Gasteiger partial charge in [-0.2, -0.15) is 5.26 Å². The highest BCUT2D eigenvalue weighted by molar-refractivity contribution is 5.65. The van der Waals surface area contributed by atoms with Crippen LogP contribution in [0.5, 0.6) is 0 Å². The summed E-state index contributed by atoms with van der Waals surface area (Å²) < 4.78 is 11.5. The minimum Gasteiger partial charge on any atom is -0.465 e. The van der Waals surface area contributed by atoms with Crippen LogP contribution in [0.1, 0.15) is 56.6 Å². The highest BCUT2D eigenvalue weighted by atomic mass is 16.7. The molecule has 2 saturated heterocycles. The molecule has 4 N–H and O–H groups in total. The van der Waals surface area contributed by atoms with E-state index in [1.165, 1.54) is 0 Å². The second-order valence-electron chi connectivity index (χ2n) is 9.96. The molecule has 2 aliphatic heterocycles. The molecule has 0 aromatic heterocycles. The Labute approximate surface area is 196 Å². The lowest BCUT2D eigenvalue weighted by molar-refractivity contribution is -0.0905. The molecule has 33 heavy (non-hydrogen) atoms. The number of nitrogens with one attached hydrogen (secondary N) is 2. The van der Waals surface area contributed by atoms with E-state index in [-0.39, 0.29) is 24.2 Å². The molecule has 182 valence electrons. The zero-order valence-corrected chi connectivity index (χ0v) is 19.6. The molecular weight excluding hydrogens is 422 g/mol. The number of nitrogens with zero attached hydrogens (tertiary/aromatic N) is 1. The van der Waals surface area contributed by atoms with E-state index < -0.39 is 18.2 Å². The average Bonchev–Trinajstić information content (AvgIpc) is 3.37. The van der Waals surface area contributed by atoms with E-state index in [9.17, 15) is 15.0 Å². The molecule has 1 aromatic rings. The molecule has 0 aliphatic carbocycles. The highest BCUT2D eigenvalue weighted by Gasteiger charge is 2.43. The second-order valence-corrected chi connectivity index (χ2v) is 9.96. The third kappa shape index (κ3) is 7.15. The third-order valence-electron chi connectivity index (χ3n) is 6.81. The second kappa shape index (κ2) is 11.8. The summed E-state index contributed by atoms with van der Waals surface area (Å²) in [5.41, 5.74) is 2.15. The minimum absolute atomic E-state index is 0.0126. The predicted molar refractivity (Wildman–Crippen MR) is 124 cm³/mol. The first-order valence-corrected chi connectivity index (χ1v) is 11.9. The van der Waals surface area contributed by atoms with Crippen LogP contribution in [0, 0.1) is 22.7 Å². The van der Waals surface area contributed by atoms with Crippen LogP contribution in [-0.4, -0.2) is 61.0 Å². The number of benzene rings is 1. The summed E-state index contributed by atoms with van der Waals surface area (Å²) in [4.78, 5) is 11.5. The first kappa shape index (κ1) is 25.4. The molecule has 0 radical (unpaired) electrons. The van der Waals surface area contributed by atoms with Crippen LogP contribution in [0.15, 0.2) is 24.3 Å². The molecule has 8 heteroatoms. The number of aliphatic hydroxyl groups is 1. The van der Waals surface area contributed by atoms with Crippen molar-refractivity contribution in [3.63, 3.8) is 0 Å². The molecule has 1 aromatic carbocycles. The van der Waals surface area contributed by atoms with Gasteiger partial charge >= 0.3 is 6.09 Å². The number of aliphatic hydroxyl groups excluding tert-OH is 1. The monoisotopic (exact) mass is 459 g/mol. The molecule has 0 saturated carbocycles. The van der Waals surface area contributed by atoms with Crippen LogP contribution in [0.3, 0.4) is 0 Å². The molecule has 2 fully saturated rings. The summed E-state index contributed by atoms with van der Waals surface area (Å²) in [5, 5.41) is 34.8. The van der Waals surface area contributed by atoms with Gasteiger partial charge in [-0.3, -0.25) is 0 Å². The first-order valence-electron chi connectivity index (χ1n) is 11.9. The van der Waals surface area contributed by atoms with Gasteiger partial charge in [0.1, 0.15) is 0 Å². The standard InChI is InChI=1S/C25H37N3O5/c1-25(2,10-5-6-11-26)16-27-14-22(29)21(28-24(30)31)13-17-7-3-4-8-18(17)20-15-33-23-19(20)9-12-32-23/h3-4,7-8,19-23,27-29H,5-6,9-10,12-16H2,1-2H3,(H,30,31)/t19-,20-,21-,22+,23+/m0/s1. The van der Waals surface area contributed by atoms with Gasteiger partial charge in [0, 0.05) is 31.3 Å². The van der Waals surface area contributed by atoms with E-state index >= 15 is 0 Å². The van der Waals surface area contributed by atoms with Gasteiger partial charge in [0.15, 0.2) is 6.29 Å². The number of hydrogen-bond donors (Lipinski definition) is 4. The maximum Gasteiger partial charge on any atom is 0.404 e. The van der Waals surface area contributed by atoms with E-state index in [4.69, 9.17) is 14.7 Å². The zero-order chi connectivity index (χ0) is 23.8. The fourth-order valence-electron chi connectivity index (χ4n) is 4.98. The van der Waals surface area contributed by atoms with Gasteiger partial charge in [-0.15, -0.1) is 0 Å². The van der Waals surface area contributed by atoms with Gasteiger partial charge in [-0.25, -0.2) is 4.79 Å². The highest BCUT2D eigenvalue weighted by Crippen LogP contribution is 2.42. The summed E-state index contributed by atoms with van der Waals surface area (Å²) in [6, 6.07) is 9.55. The number of carboxylic acid groups (broad SMARTS) is 1. The predicted octanol–water partition coefficient (Wildman–Crippen LogP) is 3.01. The van der Waals surface area contributed by atoms with Crippen molar-refractivity contribution in [2.75, 3.05) is 26.3 Å². The number of ether oxygens (including phenoxy) is 2. The third-order valence-corrected chi connectivity index (χ3v) is 6.81. The minimum atomic E-state index is -1.15. The van der Waals surface area contributed by atoms with Crippen molar-refractivity contribution in [2.24, 2.45) is 11.3 Å². The SMILES string of the molecule is CC(C)(CCCC#N)CNC[C@@H](O)[C@H](Cc1ccccc1[C@@H]1CO[C@H]2OCC[C@H]21)NC(=O)O. The number of unbranched alkanes of at least 4 members (excludes halogenated alkanes) is 1. The Balaban J connectivity index is 1.63. The fourth-order valence-corrected chi connectivity index (χ4v) is 4.98. The van der Waals surface area contributed by atoms with E-state index in [2.05, 4.69) is 36.6 Å². The van der Waals surface area contributed by atoms with Crippen molar-refractivity contribution in [2.45, 2.75) is 70.3 Å². The van der Waals surface area contributed by atoms with Crippen molar-refractivity contribution in [1.82, 2.24) is 10.6 Å². The lowest BCUT2D eigenvalue weighted by Crippen LogP contribution is -2.49. The smallest absolute Gasteiger partial charge is 0.404 e. The van der Waals surface area contributed by atoms with Crippen molar-refractivity contribution in [3.05, 3.63) is 35.4 Å². The van der Waals surface area contributed by atoms with E-state index in [1.807, 2.05) is 18.2 Å². The summed E-state index contributed by atoms with van der Waals surface area (Å²) in [6.07, 6.45) is 1.45. The number of nitriles is 1. The van der Waals surface area contributed by atoms with Crippen LogP contribution in [-0.2, 0) is 15.9 Å². The number of amides is 1. The van der Waals surface area contributed by atoms with Gasteiger partial charge in [-0.05, 0) is 42.2 Å². The Kier molecular flexibility index (Phi) is 9.10. The van der Waals surface area contributed by atoms with Crippen LogP contribution in [0.2, 0.25) is 0 Å². The number of hydrogen-bond acceptors (Lipinski definition) is 6.